The van der Waals surface area contributed by atoms with Crippen LogP contribution in [0.15, 0.2) is 30.5 Å². The molecule has 1 unspecified atom stereocenters. The highest BCUT2D eigenvalue weighted by Crippen LogP contribution is 2.20. The van der Waals surface area contributed by atoms with Crippen LogP contribution >= 0.6 is 11.6 Å². The summed E-state index contributed by atoms with van der Waals surface area (Å²) in [6.45, 7) is 0.267. The van der Waals surface area contributed by atoms with Gasteiger partial charge in [0, 0.05) is 11.8 Å². The second-order valence-corrected chi connectivity index (χ2v) is 4.47. The van der Waals surface area contributed by atoms with Crippen LogP contribution in [-0.4, -0.2) is 11.0 Å². The molecule has 0 saturated carbocycles. The summed E-state index contributed by atoms with van der Waals surface area (Å²) in [7, 11) is 0. The molecule has 1 atom stereocenters. The SMILES string of the molecule is O=C(OCc1ccc(Cl)nc1)C1CC=CCC1. The molecule has 4 heteroatoms. The Morgan fingerprint density at radius 2 is 2.35 bits per heavy atom. The van der Waals surface area contributed by atoms with Crippen molar-refractivity contribution in [3.63, 3.8) is 0 Å². The Morgan fingerprint density at radius 1 is 1.47 bits per heavy atom. The van der Waals surface area contributed by atoms with E-state index in [1.807, 2.05) is 12.1 Å². The topological polar surface area (TPSA) is 39.2 Å². The lowest BCUT2D eigenvalue weighted by atomic mass is 9.95. The highest BCUT2D eigenvalue weighted by molar-refractivity contribution is 6.29. The Balaban J connectivity index is 1.83. The van der Waals surface area contributed by atoms with Crippen molar-refractivity contribution in [2.24, 2.45) is 5.92 Å². The molecule has 0 bridgehead atoms. The fourth-order valence-electron chi connectivity index (χ4n) is 1.77. The average Bonchev–Trinajstić information content (AvgIpc) is 2.39. The van der Waals surface area contributed by atoms with Gasteiger partial charge in [-0.2, -0.15) is 0 Å². The van der Waals surface area contributed by atoms with Gasteiger partial charge in [-0.05, 0) is 25.3 Å². The lowest BCUT2D eigenvalue weighted by Gasteiger charge is -2.16. The fourth-order valence-corrected chi connectivity index (χ4v) is 1.88. The zero-order chi connectivity index (χ0) is 12.1. The van der Waals surface area contributed by atoms with Gasteiger partial charge in [-0.3, -0.25) is 4.79 Å². The normalized spacial score (nSPS) is 19.0. The number of carbonyl (C=O) groups excluding carboxylic acids is 1. The molecule has 1 heterocycles. The second kappa shape index (κ2) is 5.82. The maximum Gasteiger partial charge on any atom is 0.309 e. The second-order valence-electron chi connectivity index (χ2n) is 4.08. The molecule has 1 aliphatic rings. The summed E-state index contributed by atoms with van der Waals surface area (Å²) in [6.07, 6.45) is 8.40. The fraction of sp³-hybridized carbons (Fsp3) is 0.385. The highest BCUT2D eigenvalue weighted by atomic mass is 35.5. The van der Waals surface area contributed by atoms with E-state index in [1.54, 1.807) is 12.3 Å². The van der Waals surface area contributed by atoms with E-state index in [-0.39, 0.29) is 18.5 Å². The Morgan fingerprint density at radius 3 is 3.00 bits per heavy atom. The molecule has 0 aliphatic heterocycles. The lowest BCUT2D eigenvalue weighted by molar-refractivity contribution is -0.150. The smallest absolute Gasteiger partial charge is 0.309 e. The summed E-state index contributed by atoms with van der Waals surface area (Å²) in [4.78, 5) is 15.7. The van der Waals surface area contributed by atoms with Crippen LogP contribution in [0.5, 0.6) is 0 Å². The van der Waals surface area contributed by atoms with Gasteiger partial charge < -0.3 is 4.74 Å². The molecule has 0 spiro atoms. The number of nitrogens with zero attached hydrogens (tertiary/aromatic N) is 1. The lowest BCUT2D eigenvalue weighted by Crippen LogP contribution is -2.18. The van der Waals surface area contributed by atoms with Crippen LogP contribution < -0.4 is 0 Å². The molecule has 3 nitrogen and oxygen atoms in total. The molecule has 17 heavy (non-hydrogen) atoms. The number of esters is 1. The molecule has 1 aromatic rings. The quantitative estimate of drug-likeness (QED) is 0.471. The van der Waals surface area contributed by atoms with Crippen molar-refractivity contribution in [3.8, 4) is 0 Å². The van der Waals surface area contributed by atoms with Crippen LogP contribution in [-0.2, 0) is 16.1 Å². The van der Waals surface area contributed by atoms with E-state index in [9.17, 15) is 4.79 Å². The Bertz CT molecular complexity index is 414. The minimum Gasteiger partial charge on any atom is -0.461 e. The summed E-state index contributed by atoms with van der Waals surface area (Å²) in [5, 5.41) is 0.442. The van der Waals surface area contributed by atoms with E-state index in [0.717, 1.165) is 24.8 Å². The van der Waals surface area contributed by atoms with Gasteiger partial charge in [-0.15, -0.1) is 0 Å². The van der Waals surface area contributed by atoms with E-state index in [0.29, 0.717) is 5.15 Å². The third-order valence-electron chi connectivity index (χ3n) is 2.77. The molecule has 1 aliphatic carbocycles. The summed E-state index contributed by atoms with van der Waals surface area (Å²) in [5.74, 6) is -0.107. The van der Waals surface area contributed by atoms with Gasteiger partial charge in [-0.25, -0.2) is 4.98 Å². The molecule has 0 aromatic carbocycles. The Kier molecular flexibility index (Phi) is 4.15. The number of allylic oxidation sites excluding steroid dienone is 2. The number of ether oxygens (including phenoxy) is 1. The first-order valence-corrected chi connectivity index (χ1v) is 6.05. The summed E-state index contributed by atoms with van der Waals surface area (Å²) >= 11 is 5.67. The van der Waals surface area contributed by atoms with E-state index in [1.165, 1.54) is 0 Å². The van der Waals surface area contributed by atoms with Crippen LogP contribution in [0.4, 0.5) is 0 Å². The van der Waals surface area contributed by atoms with Crippen molar-refractivity contribution in [2.45, 2.75) is 25.9 Å². The Hall–Kier alpha value is -1.35. The molecular formula is C13H14ClNO2. The minimum absolute atomic E-state index is 0.0141. The molecule has 0 saturated heterocycles. The summed E-state index contributed by atoms with van der Waals surface area (Å²) in [6, 6.07) is 3.50. The molecule has 0 N–H and O–H groups in total. The molecule has 0 fully saturated rings. The van der Waals surface area contributed by atoms with Crippen molar-refractivity contribution in [1.29, 1.82) is 0 Å². The van der Waals surface area contributed by atoms with Gasteiger partial charge in [0.15, 0.2) is 0 Å². The van der Waals surface area contributed by atoms with E-state index < -0.39 is 0 Å². The first-order chi connectivity index (χ1) is 8.25. The first-order valence-electron chi connectivity index (χ1n) is 5.68. The third kappa shape index (κ3) is 3.56. The van der Waals surface area contributed by atoms with Crippen molar-refractivity contribution < 1.29 is 9.53 Å². The van der Waals surface area contributed by atoms with Crippen molar-refractivity contribution in [3.05, 3.63) is 41.2 Å². The maximum atomic E-state index is 11.7. The number of hydrogen-bond acceptors (Lipinski definition) is 3. The predicted octanol–water partition coefficient (Wildman–Crippen LogP) is 3.13. The molecular weight excluding hydrogens is 238 g/mol. The monoisotopic (exact) mass is 251 g/mol. The summed E-state index contributed by atoms with van der Waals surface area (Å²) < 4.78 is 5.25. The zero-order valence-electron chi connectivity index (χ0n) is 9.43. The van der Waals surface area contributed by atoms with Crippen LogP contribution in [0.1, 0.15) is 24.8 Å². The first kappa shape index (κ1) is 12.1. The molecule has 2 rings (SSSR count). The maximum absolute atomic E-state index is 11.7. The molecule has 0 radical (unpaired) electrons. The van der Waals surface area contributed by atoms with E-state index in [2.05, 4.69) is 11.1 Å². The van der Waals surface area contributed by atoms with Gasteiger partial charge in [0.1, 0.15) is 11.8 Å². The van der Waals surface area contributed by atoms with Crippen molar-refractivity contribution >= 4 is 17.6 Å². The number of halogens is 1. The van der Waals surface area contributed by atoms with Gasteiger partial charge in [0.2, 0.25) is 0 Å². The van der Waals surface area contributed by atoms with Gasteiger partial charge >= 0.3 is 5.97 Å². The van der Waals surface area contributed by atoms with Crippen LogP contribution in [0.25, 0.3) is 0 Å². The highest BCUT2D eigenvalue weighted by Gasteiger charge is 2.19. The van der Waals surface area contributed by atoms with Gasteiger partial charge in [0.25, 0.3) is 0 Å². The number of rotatable bonds is 3. The minimum atomic E-state index is -0.121. The Labute approximate surface area is 105 Å². The third-order valence-corrected chi connectivity index (χ3v) is 3.00. The van der Waals surface area contributed by atoms with Gasteiger partial charge in [-0.1, -0.05) is 29.8 Å². The molecule has 90 valence electrons. The number of carbonyl (C=O) groups is 1. The largest absolute Gasteiger partial charge is 0.461 e. The van der Waals surface area contributed by atoms with Crippen LogP contribution in [0.2, 0.25) is 5.15 Å². The van der Waals surface area contributed by atoms with Gasteiger partial charge in [0.05, 0.1) is 5.92 Å². The number of hydrogen-bond donors (Lipinski definition) is 0. The predicted molar refractivity (Wildman–Crippen MR) is 65.5 cm³/mol. The van der Waals surface area contributed by atoms with Crippen LogP contribution in [0.3, 0.4) is 0 Å². The average molecular weight is 252 g/mol. The molecule has 1 aromatic heterocycles. The number of aromatic nitrogens is 1. The molecule has 0 amide bonds. The standard InChI is InChI=1S/C13H14ClNO2/c14-12-7-6-10(8-15-12)9-17-13(16)11-4-2-1-3-5-11/h1-2,6-8,11H,3-5,9H2. The van der Waals surface area contributed by atoms with E-state index >= 15 is 0 Å². The zero-order valence-corrected chi connectivity index (χ0v) is 10.2. The van der Waals surface area contributed by atoms with Crippen LogP contribution in [0, 0.1) is 5.92 Å². The number of pyridine rings is 1. The van der Waals surface area contributed by atoms with Crippen molar-refractivity contribution in [1.82, 2.24) is 4.98 Å². The van der Waals surface area contributed by atoms with E-state index in [4.69, 9.17) is 16.3 Å². The van der Waals surface area contributed by atoms with Crippen molar-refractivity contribution in [2.75, 3.05) is 0 Å². The summed E-state index contributed by atoms with van der Waals surface area (Å²) in [5.41, 5.74) is 0.856.